The van der Waals surface area contributed by atoms with Gasteiger partial charge in [-0.25, -0.2) is 14.8 Å². The van der Waals surface area contributed by atoms with Gasteiger partial charge in [0.2, 0.25) is 0 Å². The van der Waals surface area contributed by atoms with Gasteiger partial charge in [-0.1, -0.05) is 24.6 Å². The van der Waals surface area contributed by atoms with Crippen molar-refractivity contribution in [3.63, 3.8) is 0 Å². The van der Waals surface area contributed by atoms with E-state index in [0.717, 1.165) is 11.0 Å². The first-order valence-electron chi connectivity index (χ1n) is 6.54. The molecular weight excluding hydrogens is 288 g/mol. The summed E-state index contributed by atoms with van der Waals surface area (Å²) in [6.07, 6.45) is 6.85. The first-order chi connectivity index (χ1) is 10.0. The largest absolute Gasteiger partial charge is 0.332 e. The van der Waals surface area contributed by atoms with E-state index in [1.165, 1.54) is 23.4 Å². The third kappa shape index (κ3) is 2.72. The Kier molecular flexibility index (Phi) is 4.48. The van der Waals surface area contributed by atoms with E-state index in [0.29, 0.717) is 34.1 Å². The zero-order valence-corrected chi connectivity index (χ0v) is 13.0. The molecule has 7 heteroatoms. The zero-order chi connectivity index (χ0) is 15.6. The van der Waals surface area contributed by atoms with E-state index < -0.39 is 11.2 Å². The predicted molar refractivity (Wildman–Crippen MR) is 83.6 cm³/mol. The average molecular weight is 304 g/mol. The summed E-state index contributed by atoms with van der Waals surface area (Å²) >= 11 is 1.31. The lowest BCUT2D eigenvalue weighted by molar-refractivity contribution is 0.696. The summed E-state index contributed by atoms with van der Waals surface area (Å²) in [6, 6.07) is 0. The molecule has 110 valence electrons. The van der Waals surface area contributed by atoms with Gasteiger partial charge in [0.15, 0.2) is 5.65 Å². The summed E-state index contributed by atoms with van der Waals surface area (Å²) in [5.74, 6) is 3.54. The van der Waals surface area contributed by atoms with E-state index in [1.54, 1.807) is 7.05 Å². The molecule has 0 saturated carbocycles. The van der Waals surface area contributed by atoms with Gasteiger partial charge in [-0.3, -0.25) is 13.9 Å². The molecule has 0 aromatic carbocycles. The Morgan fingerprint density at radius 2 is 1.95 bits per heavy atom. The van der Waals surface area contributed by atoms with Gasteiger partial charge in [-0.05, 0) is 6.42 Å². The quantitative estimate of drug-likeness (QED) is 0.472. The van der Waals surface area contributed by atoms with Crippen LogP contribution in [-0.4, -0.2) is 24.9 Å². The molecule has 6 nitrogen and oxygen atoms in total. The summed E-state index contributed by atoms with van der Waals surface area (Å²) < 4.78 is 2.43. The Morgan fingerprint density at radius 3 is 2.57 bits per heavy atom. The highest BCUT2D eigenvalue weighted by molar-refractivity contribution is 7.99. The van der Waals surface area contributed by atoms with Crippen LogP contribution in [0.2, 0.25) is 0 Å². The van der Waals surface area contributed by atoms with E-state index in [2.05, 4.69) is 15.9 Å². The lowest BCUT2D eigenvalue weighted by Gasteiger charge is -2.10. The van der Waals surface area contributed by atoms with E-state index in [9.17, 15) is 9.59 Å². The molecule has 0 radical (unpaired) electrons. The van der Waals surface area contributed by atoms with E-state index in [4.69, 9.17) is 6.42 Å². The van der Waals surface area contributed by atoms with Gasteiger partial charge >= 0.3 is 5.69 Å². The first kappa shape index (κ1) is 15.3. The molecule has 0 fully saturated rings. The van der Waals surface area contributed by atoms with Crippen molar-refractivity contribution < 1.29 is 0 Å². The summed E-state index contributed by atoms with van der Waals surface area (Å²) in [6.45, 7) is 2.02. The molecule has 0 aliphatic rings. The van der Waals surface area contributed by atoms with Crippen molar-refractivity contribution in [2.24, 2.45) is 14.1 Å². The summed E-state index contributed by atoms with van der Waals surface area (Å²) in [7, 11) is 3.04. The fourth-order valence-electron chi connectivity index (χ4n) is 2.02. The monoisotopic (exact) mass is 304 g/mol. The van der Waals surface area contributed by atoms with Gasteiger partial charge in [0.05, 0.1) is 5.75 Å². The standard InChI is InChI=1S/C14H16N4O2S/c1-5-7-9-15-11-10(12(16-9)21-8-6-2)13(19)18(4)14(20)17(11)3/h2H,5,7-8H2,1,3-4H3. The lowest BCUT2D eigenvalue weighted by Crippen LogP contribution is -2.37. The van der Waals surface area contributed by atoms with Crippen molar-refractivity contribution in [3.8, 4) is 12.3 Å². The van der Waals surface area contributed by atoms with Crippen LogP contribution in [0.1, 0.15) is 19.2 Å². The van der Waals surface area contributed by atoms with Crippen molar-refractivity contribution in [1.82, 2.24) is 19.1 Å². The maximum Gasteiger partial charge on any atom is 0.332 e. The van der Waals surface area contributed by atoms with Crippen LogP contribution in [0, 0.1) is 12.3 Å². The number of rotatable bonds is 4. The normalized spacial score (nSPS) is 10.8. The van der Waals surface area contributed by atoms with Gasteiger partial charge in [-0.15, -0.1) is 6.42 Å². The Labute approximate surface area is 126 Å². The highest BCUT2D eigenvalue weighted by atomic mass is 32.2. The Hall–Kier alpha value is -2.07. The highest BCUT2D eigenvalue weighted by Gasteiger charge is 2.16. The number of aromatic nitrogens is 4. The third-order valence-electron chi connectivity index (χ3n) is 3.08. The minimum atomic E-state index is -0.401. The maximum atomic E-state index is 12.4. The number of hydrogen-bond acceptors (Lipinski definition) is 5. The molecule has 2 aromatic heterocycles. The van der Waals surface area contributed by atoms with Crippen molar-refractivity contribution in [1.29, 1.82) is 0 Å². The molecular formula is C14H16N4O2S. The molecule has 0 saturated heterocycles. The average Bonchev–Trinajstić information content (AvgIpc) is 2.48. The Balaban J connectivity index is 2.88. The zero-order valence-electron chi connectivity index (χ0n) is 12.2. The molecule has 0 amide bonds. The molecule has 0 atom stereocenters. The number of nitrogens with zero attached hydrogens (tertiary/aromatic N) is 4. The van der Waals surface area contributed by atoms with Crippen LogP contribution < -0.4 is 11.2 Å². The summed E-state index contributed by atoms with van der Waals surface area (Å²) in [5, 5.41) is 0.886. The second-order valence-corrected chi connectivity index (χ2v) is 5.56. The highest BCUT2D eigenvalue weighted by Crippen LogP contribution is 2.22. The van der Waals surface area contributed by atoms with Crippen LogP contribution in [0.15, 0.2) is 14.6 Å². The smallest absolute Gasteiger partial charge is 0.280 e. The molecule has 0 bridgehead atoms. The number of hydrogen-bond donors (Lipinski definition) is 0. The van der Waals surface area contributed by atoms with Crippen molar-refractivity contribution in [3.05, 3.63) is 26.7 Å². The minimum Gasteiger partial charge on any atom is -0.280 e. The lowest BCUT2D eigenvalue weighted by atomic mass is 10.3. The van der Waals surface area contributed by atoms with Gasteiger partial charge in [0, 0.05) is 20.5 Å². The minimum absolute atomic E-state index is 0.347. The molecule has 21 heavy (non-hydrogen) atoms. The Bertz CT molecular complexity index is 845. The fourth-order valence-corrected chi connectivity index (χ4v) is 2.73. The molecule has 2 heterocycles. The first-order valence-corrected chi connectivity index (χ1v) is 7.52. The van der Waals surface area contributed by atoms with Crippen molar-refractivity contribution in [2.75, 3.05) is 5.75 Å². The van der Waals surface area contributed by atoms with Crippen LogP contribution in [0.5, 0.6) is 0 Å². The number of aryl methyl sites for hydroxylation is 2. The third-order valence-corrected chi connectivity index (χ3v) is 3.96. The van der Waals surface area contributed by atoms with Crippen molar-refractivity contribution >= 4 is 22.8 Å². The molecule has 0 spiro atoms. The van der Waals surface area contributed by atoms with Gasteiger partial charge < -0.3 is 0 Å². The molecule has 2 aromatic rings. The number of thioether (sulfide) groups is 1. The summed E-state index contributed by atoms with van der Waals surface area (Å²) in [5.41, 5.74) is -0.432. The molecule has 0 N–H and O–H groups in total. The van der Waals surface area contributed by atoms with Crippen LogP contribution in [0.3, 0.4) is 0 Å². The Morgan fingerprint density at radius 1 is 1.24 bits per heavy atom. The van der Waals surface area contributed by atoms with Crippen molar-refractivity contribution in [2.45, 2.75) is 24.8 Å². The van der Waals surface area contributed by atoms with Crippen LogP contribution in [-0.2, 0) is 20.5 Å². The van der Waals surface area contributed by atoms with E-state index in [-0.39, 0.29) is 0 Å². The SMILES string of the molecule is C#CCSc1nc(CCC)nc2c1c(=O)n(C)c(=O)n2C. The second-order valence-electron chi connectivity index (χ2n) is 4.59. The van der Waals surface area contributed by atoms with E-state index in [1.807, 2.05) is 6.92 Å². The number of terminal acetylenes is 1. The van der Waals surface area contributed by atoms with E-state index >= 15 is 0 Å². The van der Waals surface area contributed by atoms with Gasteiger partial charge in [0.25, 0.3) is 5.56 Å². The number of fused-ring (bicyclic) bond motifs is 1. The summed E-state index contributed by atoms with van der Waals surface area (Å²) in [4.78, 5) is 33.2. The predicted octanol–water partition coefficient (Wildman–Crippen LogP) is 0.705. The molecule has 0 aliphatic carbocycles. The molecule has 0 aliphatic heterocycles. The van der Waals surface area contributed by atoms with Gasteiger partial charge in [0.1, 0.15) is 16.2 Å². The van der Waals surface area contributed by atoms with Gasteiger partial charge in [-0.2, -0.15) is 0 Å². The van der Waals surface area contributed by atoms with Crippen LogP contribution in [0.25, 0.3) is 11.0 Å². The topological polar surface area (TPSA) is 69.8 Å². The fraction of sp³-hybridized carbons (Fsp3) is 0.429. The maximum absolute atomic E-state index is 12.4. The second kappa shape index (κ2) is 6.14. The van der Waals surface area contributed by atoms with Crippen LogP contribution in [0.4, 0.5) is 0 Å². The molecule has 0 unspecified atom stereocenters. The van der Waals surface area contributed by atoms with Crippen LogP contribution >= 0.6 is 11.8 Å². The molecule has 2 rings (SSSR count).